The van der Waals surface area contributed by atoms with E-state index >= 15 is 0 Å². The Bertz CT molecular complexity index is 642. The van der Waals surface area contributed by atoms with Crippen LogP contribution >= 0.6 is 0 Å². The van der Waals surface area contributed by atoms with Crippen LogP contribution in [0, 0.1) is 11.6 Å². The molecule has 150 valence electrons. The second-order valence-corrected chi connectivity index (χ2v) is 7.41. The third-order valence-corrected chi connectivity index (χ3v) is 5.63. The molecule has 0 spiro atoms. The first-order valence-corrected chi connectivity index (χ1v) is 9.90. The van der Waals surface area contributed by atoms with Crippen molar-refractivity contribution in [3.8, 4) is 5.75 Å². The first-order chi connectivity index (χ1) is 13.1. The number of piperidine rings is 2. The highest BCUT2D eigenvalue weighted by molar-refractivity contribution is 5.78. The summed E-state index contributed by atoms with van der Waals surface area (Å²) in [6.07, 6.45) is 5.07. The number of carbonyl (C=O) groups excluding carboxylic acids is 1. The number of ether oxygens (including phenoxy) is 1. The van der Waals surface area contributed by atoms with Crippen LogP contribution in [0.4, 0.5) is 8.78 Å². The zero-order valence-electron chi connectivity index (χ0n) is 15.8. The molecule has 3 rings (SSSR count). The molecular formula is C20H29F2N3O2. The summed E-state index contributed by atoms with van der Waals surface area (Å²) >= 11 is 0. The first-order valence-electron chi connectivity index (χ1n) is 9.90. The van der Waals surface area contributed by atoms with E-state index in [1.54, 1.807) is 4.90 Å². The Morgan fingerprint density at radius 2 is 1.74 bits per heavy atom. The molecule has 5 nitrogen and oxygen atoms in total. The Morgan fingerprint density at radius 3 is 2.41 bits per heavy atom. The molecule has 1 amide bonds. The van der Waals surface area contributed by atoms with E-state index in [-0.39, 0.29) is 18.4 Å². The van der Waals surface area contributed by atoms with Crippen LogP contribution in [0.5, 0.6) is 5.75 Å². The summed E-state index contributed by atoms with van der Waals surface area (Å²) in [5.41, 5.74) is 6.12. The summed E-state index contributed by atoms with van der Waals surface area (Å²) in [6.45, 7) is 4.55. The van der Waals surface area contributed by atoms with Crippen molar-refractivity contribution in [3.63, 3.8) is 0 Å². The van der Waals surface area contributed by atoms with Gasteiger partial charge in [0.2, 0.25) is 5.91 Å². The standard InChI is InChI=1S/C20H29F2N3O2/c21-17-12-16(15-4-8-25(9-5-15)20(26)14-23)19(13-18(17)22)27-11-10-24-6-2-1-3-7-24/h12-13,15H,1-11,14,23H2. The number of nitrogens with two attached hydrogens (primary N) is 1. The first kappa shape index (κ1) is 20.0. The van der Waals surface area contributed by atoms with Crippen molar-refractivity contribution in [3.05, 3.63) is 29.3 Å². The SMILES string of the molecule is NCC(=O)N1CCC(c2cc(F)c(F)cc2OCCN2CCCCC2)CC1. The van der Waals surface area contributed by atoms with Crippen LogP contribution in [0.25, 0.3) is 0 Å². The predicted molar refractivity (Wildman–Crippen MR) is 99.8 cm³/mol. The van der Waals surface area contributed by atoms with Crippen LogP contribution in [0.15, 0.2) is 12.1 Å². The number of halogens is 2. The van der Waals surface area contributed by atoms with Crippen LogP contribution in [0.1, 0.15) is 43.6 Å². The maximum Gasteiger partial charge on any atom is 0.236 e. The van der Waals surface area contributed by atoms with E-state index < -0.39 is 11.6 Å². The van der Waals surface area contributed by atoms with Gasteiger partial charge in [0, 0.05) is 31.3 Å². The van der Waals surface area contributed by atoms with Gasteiger partial charge in [0.25, 0.3) is 0 Å². The average Bonchev–Trinajstić information content (AvgIpc) is 2.71. The largest absolute Gasteiger partial charge is 0.492 e. The molecule has 2 N–H and O–H groups in total. The van der Waals surface area contributed by atoms with E-state index in [2.05, 4.69) is 4.90 Å². The molecule has 2 heterocycles. The maximum absolute atomic E-state index is 13.9. The Balaban J connectivity index is 1.63. The highest BCUT2D eigenvalue weighted by Crippen LogP contribution is 2.35. The third-order valence-electron chi connectivity index (χ3n) is 5.63. The Kier molecular flexibility index (Phi) is 7.01. The van der Waals surface area contributed by atoms with E-state index in [4.69, 9.17) is 10.5 Å². The molecule has 1 aromatic rings. The molecule has 0 aliphatic carbocycles. The number of carbonyl (C=O) groups is 1. The number of benzene rings is 1. The Hall–Kier alpha value is -1.73. The fraction of sp³-hybridized carbons (Fsp3) is 0.650. The van der Waals surface area contributed by atoms with Gasteiger partial charge in [-0.1, -0.05) is 6.42 Å². The molecule has 27 heavy (non-hydrogen) atoms. The van der Waals surface area contributed by atoms with Crippen LogP contribution in [-0.2, 0) is 4.79 Å². The van der Waals surface area contributed by atoms with Crippen LogP contribution in [0.3, 0.4) is 0 Å². The zero-order valence-corrected chi connectivity index (χ0v) is 15.8. The van der Waals surface area contributed by atoms with E-state index in [1.165, 1.54) is 25.3 Å². The van der Waals surface area contributed by atoms with Gasteiger partial charge >= 0.3 is 0 Å². The molecule has 0 radical (unpaired) electrons. The van der Waals surface area contributed by atoms with E-state index in [1.807, 2.05) is 0 Å². The van der Waals surface area contributed by atoms with Crippen LogP contribution < -0.4 is 10.5 Å². The third kappa shape index (κ3) is 5.17. The molecule has 0 unspecified atom stereocenters. The molecule has 7 heteroatoms. The highest BCUT2D eigenvalue weighted by atomic mass is 19.2. The predicted octanol–water partition coefficient (Wildman–Crippen LogP) is 2.49. The number of nitrogens with zero attached hydrogens (tertiary/aromatic N) is 2. The van der Waals surface area contributed by atoms with E-state index in [0.717, 1.165) is 25.7 Å². The summed E-state index contributed by atoms with van der Waals surface area (Å²) in [5.74, 6) is -1.34. The Morgan fingerprint density at radius 1 is 1.07 bits per heavy atom. The van der Waals surface area contributed by atoms with Crippen molar-refractivity contribution in [2.24, 2.45) is 5.73 Å². The lowest BCUT2D eigenvalue weighted by Gasteiger charge is -2.33. The van der Waals surface area contributed by atoms with Gasteiger partial charge in [0.1, 0.15) is 12.4 Å². The van der Waals surface area contributed by atoms with Crippen molar-refractivity contribution in [2.75, 3.05) is 45.9 Å². The van der Waals surface area contributed by atoms with Gasteiger partial charge in [-0.05, 0) is 50.8 Å². The molecule has 1 aromatic carbocycles. The monoisotopic (exact) mass is 381 g/mol. The number of hydrogen-bond acceptors (Lipinski definition) is 4. The quantitative estimate of drug-likeness (QED) is 0.823. The van der Waals surface area contributed by atoms with Crippen molar-refractivity contribution >= 4 is 5.91 Å². The molecule has 0 aromatic heterocycles. The van der Waals surface area contributed by atoms with Gasteiger partial charge in [-0.2, -0.15) is 0 Å². The topological polar surface area (TPSA) is 58.8 Å². The summed E-state index contributed by atoms with van der Waals surface area (Å²) in [4.78, 5) is 15.8. The minimum Gasteiger partial charge on any atom is -0.492 e. The fourth-order valence-electron chi connectivity index (χ4n) is 4.02. The zero-order chi connectivity index (χ0) is 19.2. The normalized spacial score (nSPS) is 19.3. The highest BCUT2D eigenvalue weighted by Gasteiger charge is 2.26. The molecule has 2 fully saturated rings. The summed E-state index contributed by atoms with van der Waals surface area (Å²) in [7, 11) is 0. The van der Waals surface area contributed by atoms with Gasteiger partial charge < -0.3 is 15.4 Å². The smallest absolute Gasteiger partial charge is 0.236 e. The lowest BCUT2D eigenvalue weighted by Crippen LogP contribution is -2.41. The summed E-state index contributed by atoms with van der Waals surface area (Å²) < 4.78 is 33.5. The van der Waals surface area contributed by atoms with Gasteiger partial charge in [0.05, 0.1) is 6.54 Å². The van der Waals surface area contributed by atoms with Crippen LogP contribution in [0.2, 0.25) is 0 Å². The molecule has 0 saturated carbocycles. The molecule has 0 atom stereocenters. The average molecular weight is 381 g/mol. The van der Waals surface area contributed by atoms with Crippen molar-refractivity contribution in [2.45, 2.75) is 38.0 Å². The lowest BCUT2D eigenvalue weighted by atomic mass is 9.88. The molecule has 2 aliphatic heterocycles. The van der Waals surface area contributed by atoms with Gasteiger partial charge in [-0.3, -0.25) is 9.69 Å². The van der Waals surface area contributed by atoms with Crippen LogP contribution in [-0.4, -0.2) is 61.6 Å². The molecule has 2 aliphatic rings. The second kappa shape index (κ2) is 9.46. The maximum atomic E-state index is 13.9. The molecule has 0 bridgehead atoms. The van der Waals surface area contributed by atoms with E-state index in [0.29, 0.717) is 43.9 Å². The number of rotatable bonds is 6. The van der Waals surface area contributed by atoms with Crippen molar-refractivity contribution in [1.29, 1.82) is 0 Å². The van der Waals surface area contributed by atoms with Crippen molar-refractivity contribution < 1.29 is 18.3 Å². The summed E-state index contributed by atoms with van der Waals surface area (Å²) in [6, 6.07) is 2.43. The van der Waals surface area contributed by atoms with Gasteiger partial charge in [-0.25, -0.2) is 8.78 Å². The summed E-state index contributed by atoms with van der Waals surface area (Å²) in [5, 5.41) is 0. The number of amides is 1. The number of hydrogen-bond donors (Lipinski definition) is 1. The molecular weight excluding hydrogens is 352 g/mol. The fourth-order valence-corrected chi connectivity index (χ4v) is 4.02. The molecule has 2 saturated heterocycles. The lowest BCUT2D eigenvalue weighted by molar-refractivity contribution is -0.130. The van der Waals surface area contributed by atoms with Crippen molar-refractivity contribution in [1.82, 2.24) is 9.80 Å². The number of likely N-dealkylation sites (tertiary alicyclic amines) is 2. The van der Waals surface area contributed by atoms with E-state index in [9.17, 15) is 13.6 Å². The minimum atomic E-state index is -0.887. The minimum absolute atomic E-state index is 0.000699. The van der Waals surface area contributed by atoms with Gasteiger partial charge in [0.15, 0.2) is 11.6 Å². The van der Waals surface area contributed by atoms with Gasteiger partial charge in [-0.15, -0.1) is 0 Å². The second-order valence-electron chi connectivity index (χ2n) is 7.41. The Labute approximate surface area is 159 Å².